The molecule has 2 aromatic carbocycles. The van der Waals surface area contributed by atoms with Crippen molar-refractivity contribution >= 4 is 33.4 Å². The highest BCUT2D eigenvalue weighted by Crippen LogP contribution is 2.29. The number of carbonyl (C=O) groups is 1. The normalized spacial score (nSPS) is 11.3. The Kier molecular flexibility index (Phi) is 5.13. The summed E-state index contributed by atoms with van der Waals surface area (Å²) in [6.45, 7) is -0.0222. The number of amides is 1. The minimum absolute atomic E-state index is 0.0222. The van der Waals surface area contributed by atoms with E-state index < -0.39 is 17.6 Å². The zero-order valence-electron chi connectivity index (χ0n) is 11.0. The van der Waals surface area contributed by atoms with Crippen LogP contribution < -0.4 is 5.32 Å². The van der Waals surface area contributed by atoms with E-state index in [0.717, 1.165) is 12.1 Å². The van der Waals surface area contributed by atoms with Crippen LogP contribution in [0.2, 0.25) is 5.02 Å². The summed E-state index contributed by atoms with van der Waals surface area (Å²) in [4.78, 5) is 12.0. The Morgan fingerprint density at radius 3 is 2.59 bits per heavy atom. The summed E-state index contributed by atoms with van der Waals surface area (Å²) >= 11 is 9.16. The number of halogens is 5. The lowest BCUT2D eigenvalue weighted by atomic mass is 10.1. The molecule has 22 heavy (non-hydrogen) atoms. The van der Waals surface area contributed by atoms with Crippen LogP contribution in [-0.2, 0) is 12.7 Å². The molecule has 0 unspecified atom stereocenters. The van der Waals surface area contributed by atoms with Crippen LogP contribution in [0.1, 0.15) is 21.5 Å². The second kappa shape index (κ2) is 6.71. The van der Waals surface area contributed by atoms with Crippen molar-refractivity contribution in [1.29, 1.82) is 0 Å². The molecule has 0 heterocycles. The van der Waals surface area contributed by atoms with E-state index >= 15 is 0 Å². The molecule has 0 saturated carbocycles. The highest BCUT2D eigenvalue weighted by atomic mass is 79.9. The minimum atomic E-state index is -4.41. The Bertz CT molecular complexity index is 703. The molecule has 2 nitrogen and oxygen atoms in total. The molecule has 0 aliphatic rings. The van der Waals surface area contributed by atoms with E-state index in [0.29, 0.717) is 10.0 Å². The van der Waals surface area contributed by atoms with Crippen molar-refractivity contribution in [3.8, 4) is 0 Å². The van der Waals surface area contributed by atoms with Crippen LogP contribution in [0.4, 0.5) is 13.2 Å². The van der Waals surface area contributed by atoms with Gasteiger partial charge in [0.1, 0.15) is 0 Å². The van der Waals surface area contributed by atoms with Gasteiger partial charge in [-0.3, -0.25) is 4.79 Å². The molecular formula is C15H10BrClF3NO. The van der Waals surface area contributed by atoms with Crippen molar-refractivity contribution in [3.63, 3.8) is 0 Å². The molecule has 116 valence electrons. The summed E-state index contributed by atoms with van der Waals surface area (Å²) in [5, 5.41) is 2.82. The fourth-order valence-electron chi connectivity index (χ4n) is 1.81. The Morgan fingerprint density at radius 2 is 1.91 bits per heavy atom. The first-order valence-electron chi connectivity index (χ1n) is 6.17. The molecule has 0 aliphatic carbocycles. The van der Waals surface area contributed by atoms with Gasteiger partial charge in [0.15, 0.2) is 0 Å². The highest BCUT2D eigenvalue weighted by molar-refractivity contribution is 9.10. The maximum atomic E-state index is 12.6. The quantitative estimate of drug-likeness (QED) is 0.778. The van der Waals surface area contributed by atoms with Gasteiger partial charge >= 0.3 is 6.18 Å². The zero-order valence-corrected chi connectivity index (χ0v) is 13.4. The molecule has 0 fully saturated rings. The molecule has 7 heteroatoms. The first-order chi connectivity index (χ1) is 10.3. The Balaban J connectivity index is 2.10. The molecule has 0 aromatic heterocycles. The lowest BCUT2D eigenvalue weighted by molar-refractivity contribution is -0.137. The van der Waals surface area contributed by atoms with Gasteiger partial charge in [-0.2, -0.15) is 13.2 Å². The van der Waals surface area contributed by atoms with Crippen molar-refractivity contribution in [1.82, 2.24) is 5.32 Å². The minimum Gasteiger partial charge on any atom is -0.348 e. The van der Waals surface area contributed by atoms with Gasteiger partial charge in [0, 0.05) is 11.0 Å². The summed E-state index contributed by atoms with van der Waals surface area (Å²) in [5.41, 5.74) is -0.142. The van der Waals surface area contributed by atoms with E-state index in [9.17, 15) is 18.0 Å². The summed E-state index contributed by atoms with van der Waals surface area (Å²) in [5.74, 6) is -0.455. The second-order valence-corrected chi connectivity index (χ2v) is 5.83. The molecule has 0 atom stereocenters. The molecular weight excluding hydrogens is 383 g/mol. The van der Waals surface area contributed by atoms with Crippen LogP contribution in [0.25, 0.3) is 0 Å². The van der Waals surface area contributed by atoms with Gasteiger partial charge in [0.2, 0.25) is 0 Å². The fraction of sp³-hybridized carbons (Fsp3) is 0.133. The van der Waals surface area contributed by atoms with E-state index in [1.165, 1.54) is 12.1 Å². The summed E-state index contributed by atoms with van der Waals surface area (Å²) in [7, 11) is 0. The number of carbonyl (C=O) groups excluding carboxylic acids is 1. The maximum absolute atomic E-state index is 12.6. The standard InChI is InChI=1S/C15H10BrClF3NO/c16-11-4-5-13(17)12(7-11)14(22)21-8-9-2-1-3-10(6-9)15(18,19)20/h1-7H,8H2,(H,21,22). The van der Waals surface area contributed by atoms with Crippen LogP contribution in [0.15, 0.2) is 46.9 Å². The largest absolute Gasteiger partial charge is 0.416 e. The summed E-state index contributed by atoms with van der Waals surface area (Å²) in [6.07, 6.45) is -4.41. The molecule has 0 saturated heterocycles. The van der Waals surface area contributed by atoms with Crippen molar-refractivity contribution < 1.29 is 18.0 Å². The Morgan fingerprint density at radius 1 is 1.18 bits per heavy atom. The van der Waals surface area contributed by atoms with E-state index in [4.69, 9.17) is 11.6 Å². The predicted molar refractivity (Wildman–Crippen MR) is 81.8 cm³/mol. The third-order valence-electron chi connectivity index (χ3n) is 2.88. The predicted octanol–water partition coefficient (Wildman–Crippen LogP) is 5.05. The molecule has 0 aliphatic heterocycles. The van der Waals surface area contributed by atoms with Crippen LogP contribution in [0, 0.1) is 0 Å². The molecule has 0 spiro atoms. The van der Waals surface area contributed by atoms with E-state index in [1.807, 2.05) is 0 Å². The third kappa shape index (κ3) is 4.24. The van der Waals surface area contributed by atoms with E-state index in [1.54, 1.807) is 18.2 Å². The summed E-state index contributed by atoms with van der Waals surface area (Å²) in [6, 6.07) is 9.59. The van der Waals surface area contributed by atoms with Crippen molar-refractivity contribution in [2.45, 2.75) is 12.7 Å². The topological polar surface area (TPSA) is 29.1 Å². The molecule has 1 amide bonds. The average molecular weight is 393 g/mol. The maximum Gasteiger partial charge on any atom is 0.416 e. The van der Waals surface area contributed by atoms with Crippen LogP contribution in [0.3, 0.4) is 0 Å². The van der Waals surface area contributed by atoms with Gasteiger partial charge in [-0.25, -0.2) is 0 Å². The molecule has 2 aromatic rings. The monoisotopic (exact) mass is 391 g/mol. The Hall–Kier alpha value is -1.53. The number of benzene rings is 2. The molecule has 1 N–H and O–H groups in total. The van der Waals surface area contributed by atoms with Crippen molar-refractivity contribution in [3.05, 3.63) is 68.7 Å². The van der Waals surface area contributed by atoms with Gasteiger partial charge in [-0.1, -0.05) is 39.7 Å². The fourth-order valence-corrected chi connectivity index (χ4v) is 2.37. The number of nitrogens with one attached hydrogen (secondary N) is 1. The SMILES string of the molecule is O=C(NCc1cccc(C(F)(F)F)c1)c1cc(Br)ccc1Cl. The smallest absolute Gasteiger partial charge is 0.348 e. The highest BCUT2D eigenvalue weighted by Gasteiger charge is 2.30. The van der Waals surface area contributed by atoms with Crippen LogP contribution in [0.5, 0.6) is 0 Å². The van der Waals surface area contributed by atoms with Crippen LogP contribution >= 0.6 is 27.5 Å². The molecule has 2 rings (SSSR count). The number of hydrogen-bond acceptors (Lipinski definition) is 1. The van der Waals surface area contributed by atoms with Gasteiger partial charge in [0.05, 0.1) is 16.1 Å². The van der Waals surface area contributed by atoms with E-state index in [2.05, 4.69) is 21.2 Å². The van der Waals surface area contributed by atoms with Crippen LogP contribution in [-0.4, -0.2) is 5.91 Å². The lowest BCUT2D eigenvalue weighted by Crippen LogP contribution is -2.23. The summed E-state index contributed by atoms with van der Waals surface area (Å²) < 4.78 is 38.5. The number of rotatable bonds is 3. The van der Waals surface area contributed by atoms with Gasteiger partial charge in [-0.05, 0) is 35.9 Å². The average Bonchev–Trinajstić information content (AvgIpc) is 2.47. The number of alkyl halides is 3. The van der Waals surface area contributed by atoms with Crippen molar-refractivity contribution in [2.24, 2.45) is 0 Å². The van der Waals surface area contributed by atoms with Crippen molar-refractivity contribution in [2.75, 3.05) is 0 Å². The van der Waals surface area contributed by atoms with Gasteiger partial charge in [-0.15, -0.1) is 0 Å². The molecule has 0 bridgehead atoms. The first kappa shape index (κ1) is 16.8. The number of hydrogen-bond donors (Lipinski definition) is 1. The van der Waals surface area contributed by atoms with Gasteiger partial charge in [0.25, 0.3) is 5.91 Å². The zero-order chi connectivity index (χ0) is 16.3. The Labute approximate surface area is 138 Å². The molecule has 0 radical (unpaired) electrons. The second-order valence-electron chi connectivity index (χ2n) is 4.50. The van der Waals surface area contributed by atoms with Gasteiger partial charge < -0.3 is 5.32 Å². The van der Waals surface area contributed by atoms with E-state index in [-0.39, 0.29) is 17.1 Å². The third-order valence-corrected chi connectivity index (χ3v) is 3.70. The first-order valence-corrected chi connectivity index (χ1v) is 7.34. The lowest BCUT2D eigenvalue weighted by Gasteiger charge is -2.10.